The first-order valence-corrected chi connectivity index (χ1v) is 5.82. The Morgan fingerprint density at radius 2 is 2.24 bits per heavy atom. The molecule has 0 aliphatic carbocycles. The van der Waals surface area contributed by atoms with Crippen LogP contribution in [0.1, 0.15) is 25.1 Å². The summed E-state index contributed by atoms with van der Waals surface area (Å²) in [5, 5.41) is 12.0. The molecule has 0 fully saturated rings. The van der Waals surface area contributed by atoms with Crippen molar-refractivity contribution in [1.29, 1.82) is 5.26 Å². The van der Waals surface area contributed by atoms with Crippen LogP contribution in [-0.4, -0.2) is 24.7 Å². The Hall–Kier alpha value is -1.60. The Morgan fingerprint density at radius 1 is 1.47 bits per heavy atom. The minimum Gasteiger partial charge on any atom is -0.379 e. The highest BCUT2D eigenvalue weighted by Crippen LogP contribution is 2.08. The monoisotopic (exact) mass is 233 g/mol. The van der Waals surface area contributed by atoms with Gasteiger partial charge in [-0.05, 0) is 25.0 Å². The molecular formula is C13H19N3O. The van der Waals surface area contributed by atoms with Crippen molar-refractivity contribution in [2.24, 2.45) is 5.92 Å². The maximum absolute atomic E-state index is 8.83. The van der Waals surface area contributed by atoms with Gasteiger partial charge in [0.25, 0.3) is 0 Å². The third-order valence-electron chi connectivity index (χ3n) is 2.09. The quantitative estimate of drug-likeness (QED) is 0.766. The molecule has 0 radical (unpaired) electrons. The highest BCUT2D eigenvalue weighted by Gasteiger charge is 1.99. The van der Waals surface area contributed by atoms with Gasteiger partial charge >= 0.3 is 0 Å². The molecule has 0 aromatic carbocycles. The van der Waals surface area contributed by atoms with Gasteiger partial charge in [-0.2, -0.15) is 5.26 Å². The Bertz CT molecular complexity index is 396. The molecule has 92 valence electrons. The fourth-order valence-corrected chi connectivity index (χ4v) is 1.39. The van der Waals surface area contributed by atoms with Crippen molar-refractivity contribution in [2.75, 3.05) is 25.1 Å². The highest BCUT2D eigenvalue weighted by molar-refractivity contribution is 5.44. The number of rotatable bonds is 6. The van der Waals surface area contributed by atoms with Crippen LogP contribution in [0, 0.1) is 24.2 Å². The third kappa shape index (κ3) is 5.32. The van der Waals surface area contributed by atoms with Crippen molar-refractivity contribution in [3.63, 3.8) is 0 Å². The molecule has 17 heavy (non-hydrogen) atoms. The molecule has 4 nitrogen and oxygen atoms in total. The molecule has 0 atom stereocenters. The van der Waals surface area contributed by atoms with Crippen molar-refractivity contribution < 1.29 is 4.74 Å². The molecule has 0 aliphatic heterocycles. The Morgan fingerprint density at radius 3 is 2.88 bits per heavy atom. The van der Waals surface area contributed by atoms with Gasteiger partial charge in [-0.25, -0.2) is 4.98 Å². The molecule has 1 rings (SSSR count). The van der Waals surface area contributed by atoms with Gasteiger partial charge in [0.15, 0.2) is 0 Å². The van der Waals surface area contributed by atoms with Crippen LogP contribution in [0.3, 0.4) is 0 Å². The molecule has 0 saturated heterocycles. The summed E-state index contributed by atoms with van der Waals surface area (Å²) in [5.74, 6) is 1.28. The molecule has 0 spiro atoms. The molecule has 0 unspecified atom stereocenters. The molecular weight excluding hydrogens is 214 g/mol. The maximum Gasteiger partial charge on any atom is 0.127 e. The zero-order chi connectivity index (χ0) is 12.7. The SMILES string of the molecule is Cc1cc(C#N)cc(NCCOCC(C)C)n1. The summed E-state index contributed by atoms with van der Waals surface area (Å²) in [5.41, 5.74) is 1.47. The van der Waals surface area contributed by atoms with Gasteiger partial charge in [-0.1, -0.05) is 13.8 Å². The fourth-order valence-electron chi connectivity index (χ4n) is 1.39. The van der Waals surface area contributed by atoms with E-state index in [1.54, 1.807) is 12.1 Å². The van der Waals surface area contributed by atoms with Gasteiger partial charge < -0.3 is 10.1 Å². The summed E-state index contributed by atoms with van der Waals surface area (Å²) in [7, 11) is 0. The standard InChI is InChI=1S/C13H19N3O/c1-10(2)9-17-5-4-15-13-7-12(8-14)6-11(3)16-13/h6-7,10H,4-5,9H2,1-3H3,(H,15,16). The maximum atomic E-state index is 8.83. The number of hydrogen-bond donors (Lipinski definition) is 1. The molecule has 1 N–H and O–H groups in total. The van der Waals surface area contributed by atoms with Crippen molar-refractivity contribution in [2.45, 2.75) is 20.8 Å². The smallest absolute Gasteiger partial charge is 0.127 e. The molecule has 0 amide bonds. The topological polar surface area (TPSA) is 57.9 Å². The number of nitrogens with zero attached hydrogens (tertiary/aromatic N) is 2. The third-order valence-corrected chi connectivity index (χ3v) is 2.09. The van der Waals surface area contributed by atoms with Crippen LogP contribution >= 0.6 is 0 Å². The number of aryl methyl sites for hydroxylation is 1. The average Bonchev–Trinajstić information content (AvgIpc) is 2.27. The van der Waals surface area contributed by atoms with E-state index in [0.29, 0.717) is 24.6 Å². The molecule has 0 saturated carbocycles. The molecule has 4 heteroatoms. The second-order valence-corrected chi connectivity index (χ2v) is 4.39. The molecule has 0 bridgehead atoms. The van der Waals surface area contributed by atoms with Crippen LogP contribution in [0.4, 0.5) is 5.82 Å². The second kappa shape index (κ2) is 6.87. The largest absolute Gasteiger partial charge is 0.379 e. The first-order chi connectivity index (χ1) is 8.11. The van der Waals surface area contributed by atoms with E-state index < -0.39 is 0 Å². The molecule has 1 aromatic heterocycles. The highest BCUT2D eigenvalue weighted by atomic mass is 16.5. The van der Waals surface area contributed by atoms with Gasteiger partial charge in [0.1, 0.15) is 5.82 Å². The Balaban J connectivity index is 2.37. The van der Waals surface area contributed by atoms with E-state index in [1.807, 2.05) is 6.92 Å². The van der Waals surface area contributed by atoms with Crippen LogP contribution in [0.25, 0.3) is 0 Å². The lowest BCUT2D eigenvalue weighted by atomic mass is 10.2. The number of nitrogens with one attached hydrogen (secondary N) is 1. The predicted octanol–water partition coefficient (Wildman–Crippen LogP) is 2.35. The zero-order valence-electron chi connectivity index (χ0n) is 10.7. The lowest BCUT2D eigenvalue weighted by molar-refractivity contribution is 0.118. The van der Waals surface area contributed by atoms with E-state index in [4.69, 9.17) is 10.00 Å². The zero-order valence-corrected chi connectivity index (χ0v) is 10.7. The van der Waals surface area contributed by atoms with Gasteiger partial charge in [-0.3, -0.25) is 0 Å². The van der Waals surface area contributed by atoms with Crippen LogP contribution < -0.4 is 5.32 Å². The lowest BCUT2D eigenvalue weighted by Gasteiger charge is -2.09. The Kier molecular flexibility index (Phi) is 5.44. The van der Waals surface area contributed by atoms with Crippen molar-refractivity contribution in [1.82, 2.24) is 4.98 Å². The van der Waals surface area contributed by atoms with Crippen LogP contribution in [0.15, 0.2) is 12.1 Å². The number of ether oxygens (including phenoxy) is 1. The van der Waals surface area contributed by atoms with Gasteiger partial charge in [0.2, 0.25) is 0 Å². The number of hydrogen-bond acceptors (Lipinski definition) is 4. The first kappa shape index (κ1) is 13.5. The number of nitriles is 1. The van der Waals surface area contributed by atoms with Crippen LogP contribution in [0.5, 0.6) is 0 Å². The first-order valence-electron chi connectivity index (χ1n) is 5.82. The van der Waals surface area contributed by atoms with Crippen LogP contribution in [0.2, 0.25) is 0 Å². The Labute approximate surface area is 103 Å². The van der Waals surface area contributed by atoms with Gasteiger partial charge in [0, 0.05) is 18.8 Å². The summed E-state index contributed by atoms with van der Waals surface area (Å²) in [6, 6.07) is 5.62. The van der Waals surface area contributed by atoms with Crippen LogP contribution in [-0.2, 0) is 4.74 Å². The summed E-state index contributed by atoms with van der Waals surface area (Å²) >= 11 is 0. The summed E-state index contributed by atoms with van der Waals surface area (Å²) in [6.07, 6.45) is 0. The summed E-state index contributed by atoms with van der Waals surface area (Å²) in [4.78, 5) is 4.30. The minimum atomic E-state index is 0.553. The lowest BCUT2D eigenvalue weighted by Crippen LogP contribution is -2.13. The van der Waals surface area contributed by atoms with E-state index in [0.717, 1.165) is 18.1 Å². The summed E-state index contributed by atoms with van der Waals surface area (Å²) < 4.78 is 5.45. The summed E-state index contributed by atoms with van der Waals surface area (Å²) in [6.45, 7) is 8.24. The molecule has 0 aliphatic rings. The second-order valence-electron chi connectivity index (χ2n) is 4.39. The normalized spacial score (nSPS) is 10.3. The van der Waals surface area contributed by atoms with Crippen molar-refractivity contribution in [3.05, 3.63) is 23.4 Å². The van der Waals surface area contributed by atoms with E-state index in [2.05, 4.69) is 30.2 Å². The van der Waals surface area contributed by atoms with E-state index >= 15 is 0 Å². The van der Waals surface area contributed by atoms with Gasteiger partial charge in [0.05, 0.1) is 18.2 Å². The number of anilines is 1. The predicted molar refractivity (Wildman–Crippen MR) is 67.8 cm³/mol. The van der Waals surface area contributed by atoms with E-state index in [9.17, 15) is 0 Å². The molecule has 1 aromatic rings. The van der Waals surface area contributed by atoms with Crippen molar-refractivity contribution >= 4 is 5.82 Å². The molecule has 1 heterocycles. The minimum absolute atomic E-state index is 0.553. The van der Waals surface area contributed by atoms with Gasteiger partial charge in [-0.15, -0.1) is 0 Å². The van der Waals surface area contributed by atoms with E-state index in [-0.39, 0.29) is 0 Å². The number of pyridine rings is 1. The average molecular weight is 233 g/mol. The fraction of sp³-hybridized carbons (Fsp3) is 0.538. The number of aromatic nitrogens is 1. The van der Waals surface area contributed by atoms with Crippen molar-refractivity contribution in [3.8, 4) is 6.07 Å². The van der Waals surface area contributed by atoms with E-state index in [1.165, 1.54) is 0 Å².